The van der Waals surface area contributed by atoms with Crippen LogP contribution in [0.1, 0.15) is 23.2 Å². The molecular weight excluding hydrogens is 276 g/mol. The first-order valence-electron chi connectivity index (χ1n) is 6.79. The van der Waals surface area contributed by atoms with E-state index in [0.29, 0.717) is 25.6 Å². The fourth-order valence-electron chi connectivity index (χ4n) is 2.74. The summed E-state index contributed by atoms with van der Waals surface area (Å²) in [6, 6.07) is 4.16. The quantitative estimate of drug-likeness (QED) is 0.660. The number of carbonyl (C=O) groups is 1. The first kappa shape index (κ1) is 15.2. The number of carboxylic acids is 1. The highest BCUT2D eigenvalue weighted by Crippen LogP contribution is 2.34. The molecule has 1 fully saturated rings. The lowest BCUT2D eigenvalue weighted by atomic mass is 9.96. The molecule has 1 aliphatic heterocycles. The zero-order valence-electron chi connectivity index (χ0n) is 11.8. The number of benzene rings is 1. The van der Waals surface area contributed by atoms with Crippen LogP contribution in [-0.2, 0) is 4.74 Å². The van der Waals surface area contributed by atoms with E-state index >= 15 is 0 Å². The van der Waals surface area contributed by atoms with Gasteiger partial charge >= 0.3 is 5.97 Å². The summed E-state index contributed by atoms with van der Waals surface area (Å²) in [5, 5.41) is 20.4. The Balaban J connectivity index is 2.30. The van der Waals surface area contributed by atoms with E-state index in [1.54, 1.807) is 12.0 Å². The van der Waals surface area contributed by atoms with Crippen LogP contribution in [0.15, 0.2) is 18.2 Å². The lowest BCUT2D eigenvalue weighted by Crippen LogP contribution is -2.36. The number of rotatable bonds is 5. The van der Waals surface area contributed by atoms with Crippen molar-refractivity contribution in [1.82, 2.24) is 0 Å². The van der Waals surface area contributed by atoms with Crippen molar-refractivity contribution in [3.05, 3.63) is 33.9 Å². The van der Waals surface area contributed by atoms with Crippen molar-refractivity contribution in [1.29, 1.82) is 0 Å². The summed E-state index contributed by atoms with van der Waals surface area (Å²) in [5.74, 6) is -0.727. The van der Waals surface area contributed by atoms with E-state index in [1.165, 1.54) is 18.2 Å². The fraction of sp³-hybridized carbons (Fsp3) is 0.500. The number of anilines is 1. The summed E-state index contributed by atoms with van der Waals surface area (Å²) < 4.78 is 5.13. The van der Waals surface area contributed by atoms with Crippen LogP contribution in [0.25, 0.3) is 0 Å². The molecule has 0 amide bonds. The number of aromatic carboxylic acids is 1. The lowest BCUT2D eigenvalue weighted by Gasteiger charge is -2.33. The maximum absolute atomic E-state index is 11.3. The average Bonchev–Trinajstić information content (AvgIpc) is 2.47. The number of carboxylic acid groups (broad SMARTS) is 1. The van der Waals surface area contributed by atoms with Gasteiger partial charge in [0.15, 0.2) is 0 Å². The summed E-state index contributed by atoms with van der Waals surface area (Å²) in [6.07, 6.45) is 1.66. The predicted octanol–water partition coefficient (Wildman–Crippen LogP) is 2.16. The van der Waals surface area contributed by atoms with Crippen molar-refractivity contribution < 1.29 is 19.6 Å². The Hall–Kier alpha value is -2.15. The molecule has 0 unspecified atom stereocenters. The van der Waals surface area contributed by atoms with Gasteiger partial charge in [0, 0.05) is 32.9 Å². The van der Waals surface area contributed by atoms with Crippen LogP contribution in [0.5, 0.6) is 0 Å². The van der Waals surface area contributed by atoms with Crippen LogP contribution in [0.2, 0.25) is 0 Å². The molecule has 1 aliphatic rings. The molecule has 1 aromatic carbocycles. The molecule has 7 heteroatoms. The summed E-state index contributed by atoms with van der Waals surface area (Å²) in [7, 11) is 1.65. The van der Waals surface area contributed by atoms with Crippen LogP contribution in [0.3, 0.4) is 0 Å². The number of piperidine rings is 1. The van der Waals surface area contributed by atoms with Crippen molar-refractivity contribution in [2.75, 3.05) is 31.7 Å². The number of nitrogens with zero attached hydrogens (tertiary/aromatic N) is 2. The normalized spacial score (nSPS) is 16.0. The second-order valence-corrected chi connectivity index (χ2v) is 5.12. The molecule has 1 aromatic rings. The van der Waals surface area contributed by atoms with E-state index in [1.807, 2.05) is 0 Å². The van der Waals surface area contributed by atoms with E-state index in [-0.39, 0.29) is 16.9 Å². The first-order valence-corrected chi connectivity index (χ1v) is 6.79. The molecule has 1 N–H and O–H groups in total. The third kappa shape index (κ3) is 3.30. The molecule has 0 saturated carbocycles. The average molecular weight is 294 g/mol. The van der Waals surface area contributed by atoms with E-state index < -0.39 is 10.9 Å². The highest BCUT2D eigenvalue weighted by Gasteiger charge is 2.29. The minimum absolute atomic E-state index is 0.0191. The molecule has 114 valence electrons. The molecule has 0 aromatic heterocycles. The van der Waals surface area contributed by atoms with Gasteiger partial charge in [0.2, 0.25) is 0 Å². The molecule has 1 saturated heterocycles. The van der Waals surface area contributed by atoms with Crippen LogP contribution in [-0.4, -0.2) is 42.8 Å². The van der Waals surface area contributed by atoms with Gasteiger partial charge in [-0.3, -0.25) is 10.1 Å². The number of nitro benzene ring substituents is 1. The Kier molecular flexibility index (Phi) is 4.74. The maximum atomic E-state index is 11.3. The van der Waals surface area contributed by atoms with Crippen LogP contribution in [0, 0.1) is 16.0 Å². The molecular formula is C14H18N2O5. The number of hydrogen-bond acceptors (Lipinski definition) is 5. The fourth-order valence-corrected chi connectivity index (χ4v) is 2.74. The van der Waals surface area contributed by atoms with Gasteiger partial charge in [-0.2, -0.15) is 0 Å². The van der Waals surface area contributed by atoms with E-state index in [9.17, 15) is 20.0 Å². The van der Waals surface area contributed by atoms with Gasteiger partial charge in [-0.15, -0.1) is 0 Å². The Bertz CT molecular complexity index is 506. The van der Waals surface area contributed by atoms with Gasteiger partial charge in [-0.05, 0) is 24.8 Å². The van der Waals surface area contributed by atoms with E-state index in [2.05, 4.69) is 0 Å². The van der Waals surface area contributed by atoms with Crippen LogP contribution in [0.4, 0.5) is 11.4 Å². The Labute approximate surface area is 122 Å². The lowest BCUT2D eigenvalue weighted by molar-refractivity contribution is -0.384. The van der Waals surface area contributed by atoms with Crippen molar-refractivity contribution >= 4 is 17.3 Å². The Morgan fingerprint density at radius 3 is 2.67 bits per heavy atom. The van der Waals surface area contributed by atoms with Crippen LogP contribution < -0.4 is 4.90 Å². The highest BCUT2D eigenvalue weighted by molar-refractivity contribution is 5.97. The number of methoxy groups -OCH3 is 1. The number of hydrogen-bond donors (Lipinski definition) is 1. The van der Waals surface area contributed by atoms with Gasteiger partial charge in [0.05, 0.1) is 10.5 Å². The number of ether oxygens (including phenoxy) is 1. The number of para-hydroxylation sites is 1. The monoisotopic (exact) mass is 294 g/mol. The molecule has 0 aliphatic carbocycles. The minimum atomic E-state index is -1.15. The van der Waals surface area contributed by atoms with Gasteiger partial charge in [-0.1, -0.05) is 6.07 Å². The summed E-state index contributed by atoms with van der Waals surface area (Å²) in [5.41, 5.74) is 0.0420. The van der Waals surface area contributed by atoms with Crippen molar-refractivity contribution in [2.24, 2.45) is 5.92 Å². The highest BCUT2D eigenvalue weighted by atomic mass is 16.6. The Morgan fingerprint density at radius 1 is 1.48 bits per heavy atom. The third-order valence-electron chi connectivity index (χ3n) is 3.77. The molecule has 0 spiro atoms. The second kappa shape index (κ2) is 6.53. The molecule has 1 heterocycles. The zero-order valence-corrected chi connectivity index (χ0v) is 11.8. The standard InChI is InChI=1S/C14H18N2O5/c1-21-9-10-5-7-15(8-6-10)13-11(14(17)18)3-2-4-12(13)16(19)20/h2-4,10H,5-9H2,1H3,(H,17,18). The molecule has 21 heavy (non-hydrogen) atoms. The van der Waals surface area contributed by atoms with E-state index in [4.69, 9.17) is 4.74 Å². The third-order valence-corrected chi connectivity index (χ3v) is 3.77. The largest absolute Gasteiger partial charge is 0.478 e. The topological polar surface area (TPSA) is 92.9 Å². The van der Waals surface area contributed by atoms with Gasteiger partial charge in [0.25, 0.3) is 5.69 Å². The van der Waals surface area contributed by atoms with Gasteiger partial charge < -0.3 is 14.7 Å². The van der Waals surface area contributed by atoms with Gasteiger partial charge in [-0.25, -0.2) is 4.79 Å². The van der Waals surface area contributed by atoms with E-state index in [0.717, 1.165) is 12.8 Å². The predicted molar refractivity (Wildman–Crippen MR) is 76.9 cm³/mol. The minimum Gasteiger partial charge on any atom is -0.478 e. The molecule has 7 nitrogen and oxygen atoms in total. The molecule has 2 rings (SSSR count). The SMILES string of the molecule is COCC1CCN(c2c(C(=O)O)cccc2[N+](=O)[O-])CC1. The van der Waals surface area contributed by atoms with Crippen molar-refractivity contribution in [3.8, 4) is 0 Å². The maximum Gasteiger partial charge on any atom is 0.338 e. The first-order chi connectivity index (χ1) is 10.0. The number of nitro groups is 1. The smallest absolute Gasteiger partial charge is 0.338 e. The zero-order chi connectivity index (χ0) is 15.4. The summed E-state index contributed by atoms with van der Waals surface area (Å²) in [6.45, 7) is 1.86. The summed E-state index contributed by atoms with van der Waals surface area (Å²) in [4.78, 5) is 23.8. The second-order valence-electron chi connectivity index (χ2n) is 5.12. The molecule has 0 radical (unpaired) electrons. The van der Waals surface area contributed by atoms with Crippen LogP contribution >= 0.6 is 0 Å². The Morgan fingerprint density at radius 2 is 2.14 bits per heavy atom. The van der Waals surface area contributed by atoms with Crippen molar-refractivity contribution in [2.45, 2.75) is 12.8 Å². The van der Waals surface area contributed by atoms with Crippen molar-refractivity contribution in [3.63, 3.8) is 0 Å². The molecule has 0 bridgehead atoms. The molecule has 0 atom stereocenters. The van der Waals surface area contributed by atoms with Gasteiger partial charge in [0.1, 0.15) is 5.69 Å². The summed E-state index contributed by atoms with van der Waals surface area (Å²) >= 11 is 0.